The van der Waals surface area contributed by atoms with Crippen molar-refractivity contribution >= 4 is 26.8 Å². The predicted molar refractivity (Wildman–Crippen MR) is 87.1 cm³/mol. The summed E-state index contributed by atoms with van der Waals surface area (Å²) in [6.45, 7) is 0. The van der Waals surface area contributed by atoms with Gasteiger partial charge in [0.15, 0.2) is 0 Å². The van der Waals surface area contributed by atoms with Gasteiger partial charge in [0, 0.05) is 30.2 Å². The second kappa shape index (κ2) is 6.26. The number of nitrogens with zero attached hydrogens (tertiary/aromatic N) is 1. The van der Waals surface area contributed by atoms with Crippen LogP contribution in [0.1, 0.15) is 10.4 Å². The zero-order valence-corrected chi connectivity index (χ0v) is 13.8. The van der Waals surface area contributed by atoms with E-state index < -0.39 is 32.5 Å². The molecule has 2 aromatic carbocycles. The number of fused-ring (bicyclic) bond motifs is 1. The molecular weight excluding hydrogens is 352 g/mol. The van der Waals surface area contributed by atoms with Gasteiger partial charge >= 0.3 is 0 Å². The molecule has 0 spiro atoms. The summed E-state index contributed by atoms with van der Waals surface area (Å²) in [5.74, 6) is -2.87. The maximum Gasteiger partial charge on any atom is 0.268 e. The second-order valence-corrected chi connectivity index (χ2v) is 6.96. The van der Waals surface area contributed by atoms with Crippen LogP contribution < -0.4 is 10.3 Å². The highest BCUT2D eigenvalue weighted by Gasteiger charge is 2.21. The number of aryl methyl sites for hydroxylation is 1. The van der Waals surface area contributed by atoms with E-state index in [9.17, 15) is 22.0 Å². The van der Waals surface area contributed by atoms with Gasteiger partial charge in [-0.15, -0.1) is 4.83 Å². The normalized spacial score (nSPS) is 11.6. The number of carbonyl (C=O) groups excluding carboxylic acids is 1. The monoisotopic (exact) mass is 365 g/mol. The number of carbonyl (C=O) groups is 1. The largest absolute Gasteiger partial charge is 0.350 e. The summed E-state index contributed by atoms with van der Waals surface area (Å²) >= 11 is 0. The minimum absolute atomic E-state index is 0.250. The molecule has 0 aliphatic carbocycles. The number of hydrazine groups is 1. The summed E-state index contributed by atoms with van der Waals surface area (Å²) in [4.78, 5) is 13.3. The molecule has 0 fully saturated rings. The van der Waals surface area contributed by atoms with Gasteiger partial charge in [0.2, 0.25) is 0 Å². The van der Waals surface area contributed by atoms with Gasteiger partial charge < -0.3 is 4.57 Å². The zero-order chi connectivity index (χ0) is 18.2. The standard InChI is InChI=1S/C16H13F2N3O3S/c1-21-9-12(11-4-2-3-5-14(11)21)16(22)19-20-25(23,24)15-7-6-10(17)8-13(15)18/h2-9,20H,1H3,(H,19,22). The fourth-order valence-electron chi connectivity index (χ4n) is 2.45. The number of nitrogens with one attached hydrogen (secondary N) is 2. The van der Waals surface area contributed by atoms with E-state index in [1.165, 1.54) is 0 Å². The van der Waals surface area contributed by atoms with E-state index >= 15 is 0 Å². The molecule has 25 heavy (non-hydrogen) atoms. The summed E-state index contributed by atoms with van der Waals surface area (Å²) in [5.41, 5.74) is 3.08. The molecule has 6 nitrogen and oxygen atoms in total. The molecule has 1 heterocycles. The van der Waals surface area contributed by atoms with Gasteiger partial charge in [0.1, 0.15) is 16.5 Å². The van der Waals surface area contributed by atoms with Crippen molar-refractivity contribution in [3.8, 4) is 0 Å². The van der Waals surface area contributed by atoms with Crippen LogP contribution in [0, 0.1) is 11.6 Å². The van der Waals surface area contributed by atoms with Crippen molar-refractivity contribution in [2.24, 2.45) is 7.05 Å². The van der Waals surface area contributed by atoms with Gasteiger partial charge in [-0.3, -0.25) is 10.2 Å². The second-order valence-electron chi connectivity index (χ2n) is 5.31. The Balaban J connectivity index is 1.84. The highest BCUT2D eigenvalue weighted by atomic mass is 32.2. The summed E-state index contributed by atoms with van der Waals surface area (Å²) in [6.07, 6.45) is 1.55. The number of rotatable bonds is 4. The molecule has 0 unspecified atom stereocenters. The van der Waals surface area contributed by atoms with Crippen LogP contribution in [0.5, 0.6) is 0 Å². The van der Waals surface area contributed by atoms with Crippen LogP contribution in [-0.4, -0.2) is 18.9 Å². The van der Waals surface area contributed by atoms with Crippen molar-refractivity contribution in [3.63, 3.8) is 0 Å². The Morgan fingerprint density at radius 2 is 1.84 bits per heavy atom. The van der Waals surface area contributed by atoms with Crippen molar-refractivity contribution in [2.45, 2.75) is 4.90 Å². The average molecular weight is 365 g/mol. The Morgan fingerprint density at radius 1 is 1.12 bits per heavy atom. The van der Waals surface area contributed by atoms with E-state index in [-0.39, 0.29) is 5.56 Å². The first-order valence-corrected chi connectivity index (χ1v) is 8.59. The van der Waals surface area contributed by atoms with Crippen LogP contribution in [0.4, 0.5) is 8.78 Å². The molecule has 0 atom stereocenters. The Kier molecular flexibility index (Phi) is 4.27. The van der Waals surface area contributed by atoms with Crippen molar-refractivity contribution in [2.75, 3.05) is 0 Å². The Morgan fingerprint density at radius 3 is 2.56 bits per heavy atom. The lowest BCUT2D eigenvalue weighted by Gasteiger charge is -2.09. The first-order chi connectivity index (χ1) is 11.8. The van der Waals surface area contributed by atoms with Crippen molar-refractivity contribution in [1.29, 1.82) is 0 Å². The molecule has 2 N–H and O–H groups in total. The number of amides is 1. The minimum Gasteiger partial charge on any atom is -0.350 e. The van der Waals surface area contributed by atoms with Gasteiger partial charge in [0.05, 0.1) is 5.56 Å². The first-order valence-electron chi connectivity index (χ1n) is 7.11. The van der Waals surface area contributed by atoms with Crippen LogP contribution in [0.25, 0.3) is 10.9 Å². The summed E-state index contributed by atoms with van der Waals surface area (Å²) in [6, 6.07) is 9.12. The van der Waals surface area contributed by atoms with Crippen LogP contribution >= 0.6 is 0 Å². The quantitative estimate of drug-likeness (QED) is 0.695. The molecule has 3 rings (SSSR count). The Hall–Kier alpha value is -2.78. The molecule has 0 aliphatic rings. The first kappa shape index (κ1) is 17.1. The van der Waals surface area contributed by atoms with Crippen molar-refractivity contribution in [1.82, 2.24) is 14.8 Å². The third kappa shape index (κ3) is 3.24. The van der Waals surface area contributed by atoms with Crippen LogP contribution in [-0.2, 0) is 17.1 Å². The highest BCUT2D eigenvalue weighted by Crippen LogP contribution is 2.20. The fraction of sp³-hybridized carbons (Fsp3) is 0.0625. The van der Waals surface area contributed by atoms with Gasteiger partial charge in [-0.05, 0) is 18.2 Å². The number of para-hydroxylation sites is 1. The van der Waals surface area contributed by atoms with Crippen molar-refractivity contribution < 1.29 is 22.0 Å². The third-order valence-corrected chi connectivity index (χ3v) is 4.90. The number of hydrogen-bond donors (Lipinski definition) is 2. The van der Waals surface area contributed by atoms with Gasteiger partial charge in [-0.25, -0.2) is 17.2 Å². The van der Waals surface area contributed by atoms with Crippen molar-refractivity contribution in [3.05, 3.63) is 65.9 Å². The number of sulfonamides is 1. The van der Waals surface area contributed by atoms with E-state index in [1.54, 1.807) is 29.9 Å². The molecule has 0 bridgehead atoms. The summed E-state index contributed by atoms with van der Waals surface area (Å²) in [7, 11) is -2.64. The lowest BCUT2D eigenvalue weighted by atomic mass is 10.2. The topological polar surface area (TPSA) is 80.2 Å². The number of hydrogen-bond acceptors (Lipinski definition) is 3. The van der Waals surface area contributed by atoms with Crippen LogP contribution in [0.3, 0.4) is 0 Å². The van der Waals surface area contributed by atoms with Crippen LogP contribution in [0.15, 0.2) is 53.6 Å². The van der Waals surface area contributed by atoms with E-state index in [0.717, 1.165) is 17.6 Å². The van der Waals surface area contributed by atoms with E-state index in [2.05, 4.69) is 0 Å². The Bertz CT molecular complexity index is 1080. The molecule has 3 aromatic rings. The molecule has 0 radical (unpaired) electrons. The SMILES string of the molecule is Cn1cc(C(=O)NNS(=O)(=O)c2ccc(F)cc2F)c2ccccc21. The molecule has 130 valence electrons. The van der Waals surface area contributed by atoms with Gasteiger partial charge in [-0.2, -0.15) is 0 Å². The minimum atomic E-state index is -4.39. The van der Waals surface area contributed by atoms with E-state index in [4.69, 9.17) is 0 Å². The van der Waals surface area contributed by atoms with Gasteiger partial charge in [-0.1, -0.05) is 18.2 Å². The maximum atomic E-state index is 13.6. The molecule has 9 heteroatoms. The molecule has 0 saturated carbocycles. The third-order valence-electron chi connectivity index (χ3n) is 3.62. The average Bonchev–Trinajstić information content (AvgIpc) is 2.90. The summed E-state index contributed by atoms with van der Waals surface area (Å²) in [5, 5.41) is 0.634. The molecule has 1 amide bonds. The molecule has 1 aromatic heterocycles. The Labute approximate surface area is 142 Å². The zero-order valence-electron chi connectivity index (χ0n) is 13.0. The lowest BCUT2D eigenvalue weighted by Crippen LogP contribution is -2.41. The smallest absolute Gasteiger partial charge is 0.268 e. The summed E-state index contributed by atoms with van der Waals surface area (Å²) < 4.78 is 52.4. The molecular formula is C16H13F2N3O3S. The van der Waals surface area contributed by atoms with E-state index in [1.807, 2.05) is 22.4 Å². The van der Waals surface area contributed by atoms with Gasteiger partial charge in [0.25, 0.3) is 15.9 Å². The van der Waals surface area contributed by atoms with Crippen LogP contribution in [0.2, 0.25) is 0 Å². The number of benzene rings is 2. The number of halogens is 2. The predicted octanol–water partition coefficient (Wildman–Crippen LogP) is 2.08. The molecule has 0 aliphatic heterocycles. The highest BCUT2D eigenvalue weighted by molar-refractivity contribution is 7.89. The lowest BCUT2D eigenvalue weighted by molar-refractivity contribution is 0.0946. The maximum absolute atomic E-state index is 13.6. The molecule has 0 saturated heterocycles. The number of aromatic nitrogens is 1. The van der Waals surface area contributed by atoms with E-state index in [0.29, 0.717) is 11.5 Å². The fourth-order valence-corrected chi connectivity index (χ4v) is 3.35.